The van der Waals surface area contributed by atoms with Gasteiger partial charge in [-0.15, -0.1) is 0 Å². The molecule has 3 aromatic rings. The van der Waals surface area contributed by atoms with Gasteiger partial charge >= 0.3 is 0 Å². The molecule has 106 valence electrons. The number of nitrogen functional groups attached to an aromatic ring is 1. The molecule has 10 heteroatoms. The average Bonchev–Trinajstić information content (AvgIpc) is 3.01. The third kappa shape index (κ3) is 2.90. The summed E-state index contributed by atoms with van der Waals surface area (Å²) in [7, 11) is 0. The fraction of sp³-hybridized carbons (Fsp3) is 0. The van der Waals surface area contributed by atoms with Crippen LogP contribution in [0.15, 0.2) is 36.9 Å². The van der Waals surface area contributed by atoms with Crippen molar-refractivity contribution in [2.75, 3.05) is 10.7 Å². The maximum atomic E-state index is 13.2. The molecule has 0 aliphatic heterocycles. The molecule has 0 radical (unpaired) electrons. The first-order valence-corrected chi connectivity index (χ1v) is 5.85. The molecule has 0 bridgehead atoms. The van der Waals surface area contributed by atoms with Crippen molar-refractivity contribution in [3.63, 3.8) is 0 Å². The number of nitrogens with zero attached hydrogens (tertiary/aromatic N) is 6. The van der Waals surface area contributed by atoms with Gasteiger partial charge in [0.05, 0.1) is 0 Å². The molecule has 3 rings (SSSR count). The Balaban J connectivity index is 1.96. The maximum absolute atomic E-state index is 13.2. The van der Waals surface area contributed by atoms with Crippen LogP contribution < -0.4 is 16.6 Å². The fourth-order valence-electron chi connectivity index (χ4n) is 1.59. The normalized spacial score (nSPS) is 10.4. The van der Waals surface area contributed by atoms with E-state index in [4.69, 9.17) is 5.84 Å². The van der Waals surface area contributed by atoms with Gasteiger partial charge in [0.15, 0.2) is 0 Å². The molecule has 21 heavy (non-hydrogen) atoms. The number of benzene rings is 1. The second-order valence-corrected chi connectivity index (χ2v) is 3.90. The van der Waals surface area contributed by atoms with Crippen molar-refractivity contribution in [2.24, 2.45) is 5.84 Å². The molecule has 0 atom stereocenters. The summed E-state index contributed by atoms with van der Waals surface area (Å²) in [6.07, 6.45) is 2.78. The van der Waals surface area contributed by atoms with Crippen LogP contribution >= 0.6 is 0 Å². The summed E-state index contributed by atoms with van der Waals surface area (Å²) in [6.45, 7) is 0. The lowest BCUT2D eigenvalue weighted by atomic mass is 10.3. The van der Waals surface area contributed by atoms with E-state index in [2.05, 4.69) is 35.8 Å². The summed E-state index contributed by atoms with van der Waals surface area (Å²) in [6, 6.07) is 5.90. The van der Waals surface area contributed by atoms with E-state index >= 15 is 0 Å². The highest BCUT2D eigenvalue weighted by molar-refractivity contribution is 5.54. The van der Waals surface area contributed by atoms with Crippen LogP contribution in [0.4, 0.5) is 22.0 Å². The van der Waals surface area contributed by atoms with Crippen molar-refractivity contribution in [3.05, 3.63) is 42.7 Å². The van der Waals surface area contributed by atoms with Crippen molar-refractivity contribution in [1.29, 1.82) is 0 Å². The number of halogens is 1. The first kappa shape index (κ1) is 12.9. The summed E-state index contributed by atoms with van der Waals surface area (Å²) in [5.74, 6) is 5.49. The standard InChI is InChI=1S/C11H10FN9/c12-7-2-1-3-8(4-7)16-9-17-10(20-13)19-11(18-9)21-6-14-5-15-21/h1-6H,13H2,(H2,16,17,18,19,20). The fourth-order valence-corrected chi connectivity index (χ4v) is 1.59. The summed E-state index contributed by atoms with van der Waals surface area (Å²) in [5, 5.41) is 6.78. The second-order valence-electron chi connectivity index (χ2n) is 3.90. The number of hydrogen-bond donors (Lipinski definition) is 3. The molecule has 0 saturated heterocycles. The second kappa shape index (κ2) is 5.46. The molecule has 0 aliphatic carbocycles. The molecule has 0 spiro atoms. The summed E-state index contributed by atoms with van der Waals surface area (Å²) < 4.78 is 14.5. The van der Waals surface area contributed by atoms with Crippen LogP contribution in [0.2, 0.25) is 0 Å². The number of aromatic nitrogens is 6. The molecule has 0 saturated carbocycles. The number of hydrazine groups is 1. The number of rotatable bonds is 4. The van der Waals surface area contributed by atoms with Gasteiger partial charge in [-0.05, 0) is 18.2 Å². The van der Waals surface area contributed by atoms with Crippen LogP contribution in [-0.4, -0.2) is 29.7 Å². The Morgan fingerprint density at radius 3 is 2.71 bits per heavy atom. The zero-order chi connectivity index (χ0) is 14.7. The highest BCUT2D eigenvalue weighted by Crippen LogP contribution is 2.15. The maximum Gasteiger partial charge on any atom is 0.258 e. The zero-order valence-electron chi connectivity index (χ0n) is 10.6. The van der Waals surface area contributed by atoms with Gasteiger partial charge in [-0.25, -0.2) is 15.2 Å². The highest BCUT2D eigenvalue weighted by Gasteiger charge is 2.08. The van der Waals surface area contributed by atoms with Crippen molar-refractivity contribution in [2.45, 2.75) is 0 Å². The number of hydrogen-bond acceptors (Lipinski definition) is 8. The van der Waals surface area contributed by atoms with Crippen LogP contribution in [-0.2, 0) is 0 Å². The number of anilines is 3. The van der Waals surface area contributed by atoms with E-state index in [1.807, 2.05) is 0 Å². The van der Waals surface area contributed by atoms with Crippen LogP contribution in [0, 0.1) is 5.82 Å². The lowest BCUT2D eigenvalue weighted by Crippen LogP contribution is -2.15. The van der Waals surface area contributed by atoms with E-state index < -0.39 is 0 Å². The molecule has 0 aliphatic rings. The minimum Gasteiger partial charge on any atom is -0.324 e. The topological polar surface area (TPSA) is 119 Å². The van der Waals surface area contributed by atoms with Crippen LogP contribution in [0.3, 0.4) is 0 Å². The Morgan fingerprint density at radius 2 is 2.00 bits per heavy atom. The van der Waals surface area contributed by atoms with Crippen LogP contribution in [0.1, 0.15) is 0 Å². The molecule has 2 aromatic heterocycles. The van der Waals surface area contributed by atoms with Gasteiger partial charge < -0.3 is 5.32 Å². The first-order chi connectivity index (χ1) is 10.2. The zero-order valence-corrected chi connectivity index (χ0v) is 10.6. The first-order valence-electron chi connectivity index (χ1n) is 5.85. The van der Waals surface area contributed by atoms with E-state index in [1.165, 1.54) is 29.5 Å². The lowest BCUT2D eigenvalue weighted by molar-refractivity contribution is 0.628. The number of nitrogens with one attached hydrogen (secondary N) is 2. The molecular formula is C11H10FN9. The summed E-state index contributed by atoms with van der Waals surface area (Å²) in [4.78, 5) is 16.0. The summed E-state index contributed by atoms with van der Waals surface area (Å²) >= 11 is 0. The predicted octanol–water partition coefficient (Wildman–Crippen LogP) is 0.621. The van der Waals surface area contributed by atoms with E-state index in [0.717, 1.165) is 0 Å². The Morgan fingerprint density at radius 1 is 1.14 bits per heavy atom. The smallest absolute Gasteiger partial charge is 0.258 e. The molecule has 0 unspecified atom stereocenters. The minimum atomic E-state index is -0.372. The van der Waals surface area contributed by atoms with Crippen molar-refractivity contribution < 1.29 is 4.39 Å². The van der Waals surface area contributed by atoms with E-state index in [1.54, 1.807) is 12.1 Å². The van der Waals surface area contributed by atoms with E-state index in [-0.39, 0.29) is 23.7 Å². The van der Waals surface area contributed by atoms with Crippen LogP contribution in [0.25, 0.3) is 5.95 Å². The Bertz CT molecular complexity index is 743. The van der Waals surface area contributed by atoms with Crippen LogP contribution in [0.5, 0.6) is 0 Å². The van der Waals surface area contributed by atoms with Crippen molar-refractivity contribution in [3.8, 4) is 5.95 Å². The molecule has 9 nitrogen and oxygen atoms in total. The van der Waals surface area contributed by atoms with Gasteiger partial charge in [-0.3, -0.25) is 5.43 Å². The lowest BCUT2D eigenvalue weighted by Gasteiger charge is -2.08. The molecule has 4 N–H and O–H groups in total. The Labute approximate surface area is 118 Å². The SMILES string of the molecule is NNc1nc(Nc2cccc(F)c2)nc(-n2cncn2)n1. The third-order valence-corrected chi connectivity index (χ3v) is 2.46. The summed E-state index contributed by atoms with van der Waals surface area (Å²) in [5.41, 5.74) is 2.82. The predicted molar refractivity (Wildman–Crippen MR) is 72.2 cm³/mol. The largest absolute Gasteiger partial charge is 0.324 e. The van der Waals surface area contributed by atoms with Gasteiger partial charge in [-0.2, -0.15) is 24.7 Å². The molecule has 0 amide bonds. The van der Waals surface area contributed by atoms with Gasteiger partial charge in [0, 0.05) is 5.69 Å². The van der Waals surface area contributed by atoms with E-state index in [9.17, 15) is 4.39 Å². The van der Waals surface area contributed by atoms with Crippen molar-refractivity contribution >= 4 is 17.6 Å². The third-order valence-electron chi connectivity index (χ3n) is 2.46. The van der Waals surface area contributed by atoms with E-state index in [0.29, 0.717) is 5.69 Å². The quantitative estimate of drug-likeness (QED) is 0.472. The molecule has 1 aromatic carbocycles. The Hall–Kier alpha value is -3.14. The Kier molecular flexibility index (Phi) is 3.35. The minimum absolute atomic E-state index is 0.134. The van der Waals surface area contributed by atoms with Crippen molar-refractivity contribution in [1.82, 2.24) is 29.7 Å². The van der Waals surface area contributed by atoms with Gasteiger partial charge in [-0.1, -0.05) is 6.07 Å². The van der Waals surface area contributed by atoms with Gasteiger partial charge in [0.1, 0.15) is 18.5 Å². The highest BCUT2D eigenvalue weighted by atomic mass is 19.1. The average molecular weight is 287 g/mol. The molecule has 2 heterocycles. The monoisotopic (exact) mass is 287 g/mol. The molecule has 0 fully saturated rings. The van der Waals surface area contributed by atoms with Gasteiger partial charge in [0.2, 0.25) is 11.9 Å². The van der Waals surface area contributed by atoms with Gasteiger partial charge in [0.25, 0.3) is 5.95 Å². The number of nitrogens with two attached hydrogens (primary N) is 1. The molecular weight excluding hydrogens is 277 g/mol.